The summed E-state index contributed by atoms with van der Waals surface area (Å²) in [4.78, 5) is 43.6. The van der Waals surface area contributed by atoms with Crippen LogP contribution in [-0.2, 0) is 25.7 Å². The van der Waals surface area contributed by atoms with Crippen LogP contribution in [0.3, 0.4) is 0 Å². The smallest absolute Gasteiger partial charge is 0.246 e. The van der Waals surface area contributed by atoms with Crippen LogP contribution in [0.1, 0.15) is 48.8 Å². The number of rotatable bonds is 7. The van der Waals surface area contributed by atoms with Gasteiger partial charge in [0.2, 0.25) is 17.7 Å². The van der Waals surface area contributed by atoms with Crippen LogP contribution in [0.25, 0.3) is 0 Å². The maximum Gasteiger partial charge on any atom is 0.246 e. The number of methoxy groups -OCH3 is 1. The molecule has 5 atom stereocenters. The van der Waals surface area contributed by atoms with Gasteiger partial charge in [0.05, 0.1) is 25.0 Å². The lowest BCUT2D eigenvalue weighted by Crippen LogP contribution is -2.56. The van der Waals surface area contributed by atoms with Crippen LogP contribution in [0.5, 0.6) is 5.75 Å². The fourth-order valence-electron chi connectivity index (χ4n) is 6.98. The molecule has 3 fully saturated rings. The van der Waals surface area contributed by atoms with Crippen molar-refractivity contribution in [3.05, 3.63) is 71.3 Å². The number of likely N-dealkylation sites (tertiary alicyclic amines) is 1. The Kier molecular flexibility index (Phi) is 6.90. The molecule has 2 N–H and O–H groups in total. The Hall–Kier alpha value is -3.65. The molecule has 4 aliphatic rings. The molecule has 1 spiro atoms. The Morgan fingerprint density at radius 2 is 1.85 bits per heavy atom. The predicted octanol–water partition coefficient (Wildman–Crippen LogP) is 4.05. The number of hydrogen-bond acceptors (Lipinski definition) is 5. The summed E-state index contributed by atoms with van der Waals surface area (Å²) in [5.74, 6) is -1.58. The Morgan fingerprint density at radius 1 is 1.05 bits per heavy atom. The minimum atomic E-state index is -1.19. The molecule has 6 rings (SSSR count). The van der Waals surface area contributed by atoms with E-state index >= 15 is 0 Å². The van der Waals surface area contributed by atoms with Crippen molar-refractivity contribution >= 4 is 23.4 Å². The van der Waals surface area contributed by atoms with E-state index in [0.717, 1.165) is 42.4 Å². The first kappa shape index (κ1) is 26.6. The minimum Gasteiger partial charge on any atom is -0.497 e. The lowest BCUT2D eigenvalue weighted by molar-refractivity contribution is -0.142. The maximum atomic E-state index is 14.2. The molecule has 1 aliphatic carbocycles. The SMILES string of the molecule is COc1cccc(CN2C(=O)[C@H]3[C@@H](C(=O)Nc4ccc(C)c(C)c4)[C@H]4C=C[C@@]3(O4)[C@H]2C(=O)NC2CCCCC2)c1. The number of amides is 3. The molecule has 2 aromatic carbocycles. The molecule has 3 amide bonds. The van der Waals surface area contributed by atoms with Crippen LogP contribution in [0.2, 0.25) is 0 Å². The second kappa shape index (κ2) is 10.4. The molecule has 8 nitrogen and oxygen atoms in total. The topological polar surface area (TPSA) is 97.0 Å². The van der Waals surface area contributed by atoms with Gasteiger partial charge in [0, 0.05) is 18.3 Å². The largest absolute Gasteiger partial charge is 0.497 e. The number of carbonyl (C=O) groups excluding carboxylic acids is 3. The van der Waals surface area contributed by atoms with Gasteiger partial charge in [0.15, 0.2) is 0 Å². The number of benzene rings is 2. The minimum absolute atomic E-state index is 0.0805. The summed E-state index contributed by atoms with van der Waals surface area (Å²) in [5, 5.41) is 6.25. The zero-order valence-electron chi connectivity index (χ0n) is 23.3. The zero-order valence-corrected chi connectivity index (χ0v) is 23.3. The third-order valence-electron chi connectivity index (χ3n) is 9.14. The first-order valence-electron chi connectivity index (χ1n) is 14.3. The van der Waals surface area contributed by atoms with Crippen LogP contribution >= 0.6 is 0 Å². The second-order valence-corrected chi connectivity index (χ2v) is 11.7. The lowest BCUT2D eigenvalue weighted by atomic mass is 9.74. The summed E-state index contributed by atoms with van der Waals surface area (Å²) >= 11 is 0. The molecule has 40 heavy (non-hydrogen) atoms. The van der Waals surface area contributed by atoms with Gasteiger partial charge in [-0.2, -0.15) is 0 Å². The molecular weight excluding hydrogens is 506 g/mol. The van der Waals surface area contributed by atoms with E-state index in [1.165, 1.54) is 6.42 Å². The Bertz CT molecular complexity index is 1370. The summed E-state index contributed by atoms with van der Waals surface area (Å²) in [5.41, 5.74) is 2.53. The van der Waals surface area contributed by atoms with Gasteiger partial charge in [-0.25, -0.2) is 0 Å². The van der Waals surface area contributed by atoms with Crippen molar-refractivity contribution in [2.75, 3.05) is 12.4 Å². The molecule has 3 heterocycles. The average Bonchev–Trinajstić information content (AvgIpc) is 3.59. The van der Waals surface area contributed by atoms with Crippen molar-refractivity contribution in [3.8, 4) is 5.75 Å². The quantitative estimate of drug-likeness (QED) is 0.514. The highest BCUT2D eigenvalue weighted by Crippen LogP contribution is 2.55. The van der Waals surface area contributed by atoms with E-state index in [-0.39, 0.29) is 30.3 Å². The van der Waals surface area contributed by atoms with Gasteiger partial charge in [0.1, 0.15) is 17.4 Å². The van der Waals surface area contributed by atoms with Crippen molar-refractivity contribution < 1.29 is 23.9 Å². The van der Waals surface area contributed by atoms with Gasteiger partial charge < -0.3 is 25.0 Å². The number of ether oxygens (including phenoxy) is 2. The monoisotopic (exact) mass is 543 g/mol. The van der Waals surface area contributed by atoms with Crippen LogP contribution in [0, 0.1) is 25.7 Å². The third-order valence-corrected chi connectivity index (χ3v) is 9.14. The first-order chi connectivity index (χ1) is 19.3. The molecule has 2 bridgehead atoms. The van der Waals surface area contributed by atoms with E-state index in [4.69, 9.17) is 9.47 Å². The highest BCUT2D eigenvalue weighted by Gasteiger charge is 2.72. The van der Waals surface area contributed by atoms with Gasteiger partial charge in [-0.1, -0.05) is 49.6 Å². The summed E-state index contributed by atoms with van der Waals surface area (Å²) in [6.45, 7) is 4.23. The molecule has 0 aromatic heterocycles. The summed E-state index contributed by atoms with van der Waals surface area (Å²) in [6, 6.07) is 12.5. The Morgan fingerprint density at radius 3 is 2.60 bits per heavy atom. The average molecular weight is 544 g/mol. The molecule has 2 saturated heterocycles. The lowest BCUT2D eigenvalue weighted by Gasteiger charge is -2.34. The van der Waals surface area contributed by atoms with Gasteiger partial charge in [-0.05, 0) is 67.6 Å². The third kappa shape index (κ3) is 4.48. The van der Waals surface area contributed by atoms with Crippen LogP contribution in [-0.4, -0.2) is 53.5 Å². The van der Waals surface area contributed by atoms with E-state index in [1.54, 1.807) is 12.0 Å². The molecule has 3 aliphatic heterocycles. The fraction of sp³-hybridized carbons (Fsp3) is 0.469. The zero-order chi connectivity index (χ0) is 28.0. The Balaban J connectivity index is 1.32. The van der Waals surface area contributed by atoms with E-state index < -0.39 is 29.6 Å². The number of fused-ring (bicyclic) bond motifs is 1. The Labute approximate surface area is 235 Å². The maximum absolute atomic E-state index is 14.2. The molecular formula is C32H37N3O5. The highest BCUT2D eigenvalue weighted by molar-refractivity contribution is 6.02. The van der Waals surface area contributed by atoms with Crippen molar-refractivity contribution in [2.24, 2.45) is 11.8 Å². The number of aryl methyl sites for hydroxylation is 2. The van der Waals surface area contributed by atoms with Gasteiger partial charge >= 0.3 is 0 Å². The standard InChI is InChI=1S/C32H37N3O5/c1-19-12-13-23(16-20(19)2)34-29(36)26-25-14-15-32(40-25)27(26)31(38)35(18-21-8-7-11-24(17-21)39-3)28(32)30(37)33-22-9-5-4-6-10-22/h7-8,11-17,22,25-28H,4-6,9-10,18H2,1-3H3,(H,33,37)(H,34,36)/t25-,26+,27-,28-,32+/m1/s1. The first-order valence-corrected chi connectivity index (χ1v) is 14.3. The number of anilines is 1. The van der Waals surface area contributed by atoms with Crippen molar-refractivity contribution in [2.45, 2.75) is 76.3 Å². The van der Waals surface area contributed by atoms with Crippen molar-refractivity contribution in [1.29, 1.82) is 0 Å². The number of nitrogens with one attached hydrogen (secondary N) is 2. The van der Waals surface area contributed by atoms with E-state index in [9.17, 15) is 14.4 Å². The molecule has 2 aromatic rings. The molecule has 1 saturated carbocycles. The van der Waals surface area contributed by atoms with E-state index in [1.807, 2.05) is 68.5 Å². The number of carbonyl (C=O) groups is 3. The second-order valence-electron chi connectivity index (χ2n) is 11.7. The van der Waals surface area contributed by atoms with Gasteiger partial charge in [-0.3, -0.25) is 14.4 Å². The van der Waals surface area contributed by atoms with Crippen molar-refractivity contribution in [3.63, 3.8) is 0 Å². The highest BCUT2D eigenvalue weighted by atomic mass is 16.5. The normalized spacial score (nSPS) is 29.0. The van der Waals surface area contributed by atoms with Gasteiger partial charge in [-0.15, -0.1) is 0 Å². The summed E-state index contributed by atoms with van der Waals surface area (Å²) in [7, 11) is 1.60. The fourth-order valence-corrected chi connectivity index (χ4v) is 6.98. The van der Waals surface area contributed by atoms with Crippen molar-refractivity contribution in [1.82, 2.24) is 10.2 Å². The molecule has 210 valence electrons. The molecule has 8 heteroatoms. The molecule has 0 unspecified atom stereocenters. The number of hydrogen-bond donors (Lipinski definition) is 2. The predicted molar refractivity (Wildman–Crippen MR) is 151 cm³/mol. The molecule has 0 radical (unpaired) electrons. The van der Waals surface area contributed by atoms with E-state index in [2.05, 4.69) is 10.6 Å². The van der Waals surface area contributed by atoms with E-state index in [0.29, 0.717) is 11.4 Å². The van der Waals surface area contributed by atoms with Crippen LogP contribution in [0.4, 0.5) is 5.69 Å². The summed E-state index contributed by atoms with van der Waals surface area (Å²) in [6.07, 6.45) is 8.33. The van der Waals surface area contributed by atoms with Gasteiger partial charge in [0.25, 0.3) is 0 Å². The van der Waals surface area contributed by atoms with Crippen LogP contribution < -0.4 is 15.4 Å². The van der Waals surface area contributed by atoms with Crippen LogP contribution in [0.15, 0.2) is 54.6 Å². The number of nitrogens with zero attached hydrogens (tertiary/aromatic N) is 1. The summed E-state index contributed by atoms with van der Waals surface area (Å²) < 4.78 is 11.9.